The fraction of sp³-hybridized carbons (Fsp3) is 0.308. The molecule has 0 fully saturated rings. The van der Waals surface area contributed by atoms with Gasteiger partial charge in [-0.15, -0.1) is 0 Å². The van der Waals surface area contributed by atoms with E-state index in [4.69, 9.17) is 10.3 Å². The molecule has 1 aromatic carbocycles. The van der Waals surface area contributed by atoms with Crippen LogP contribution in [0.25, 0.3) is 11.3 Å². The lowest BCUT2D eigenvalue weighted by atomic mass is 10.00. The predicted octanol–water partition coefficient (Wildman–Crippen LogP) is 3.87. The molecule has 5 heteroatoms. The van der Waals surface area contributed by atoms with Gasteiger partial charge in [0, 0.05) is 14.7 Å². The number of aromatic nitrogens is 1. The molecule has 0 saturated carbocycles. The highest BCUT2D eigenvalue weighted by molar-refractivity contribution is 14.1. The van der Waals surface area contributed by atoms with Crippen molar-refractivity contribution in [3.8, 4) is 11.3 Å². The number of hydrogen-bond acceptors (Lipinski definition) is 3. The number of anilines is 1. The number of rotatable bonds is 3. The summed E-state index contributed by atoms with van der Waals surface area (Å²) >= 11 is 2.08. The standard InChI is InChI=1S/C13H14FIN2O/c1-7(2)5-10-12(18-17-13(10)16)9-4-3-8(14)6-11(9)15/h3-4,6-7H,5H2,1-2H3,(H2,16,17). The van der Waals surface area contributed by atoms with E-state index < -0.39 is 0 Å². The monoisotopic (exact) mass is 360 g/mol. The van der Waals surface area contributed by atoms with Crippen molar-refractivity contribution < 1.29 is 8.91 Å². The van der Waals surface area contributed by atoms with Crippen LogP contribution in [0.4, 0.5) is 10.2 Å². The predicted molar refractivity (Wildman–Crippen MR) is 77.6 cm³/mol. The SMILES string of the molecule is CC(C)Cc1c(N)noc1-c1ccc(F)cc1I. The summed E-state index contributed by atoms with van der Waals surface area (Å²) in [4.78, 5) is 0. The van der Waals surface area contributed by atoms with Crippen molar-refractivity contribution in [3.63, 3.8) is 0 Å². The molecule has 0 radical (unpaired) electrons. The molecular weight excluding hydrogens is 346 g/mol. The van der Waals surface area contributed by atoms with Crippen molar-refractivity contribution in [2.24, 2.45) is 5.92 Å². The Balaban J connectivity index is 2.50. The van der Waals surface area contributed by atoms with Gasteiger partial charge >= 0.3 is 0 Å². The van der Waals surface area contributed by atoms with Gasteiger partial charge in [-0.05, 0) is 53.1 Å². The highest BCUT2D eigenvalue weighted by Gasteiger charge is 2.18. The minimum Gasteiger partial charge on any atom is -0.381 e. The Kier molecular flexibility index (Phi) is 3.89. The van der Waals surface area contributed by atoms with Gasteiger partial charge in [-0.1, -0.05) is 19.0 Å². The van der Waals surface area contributed by atoms with Crippen LogP contribution in [0.1, 0.15) is 19.4 Å². The maximum Gasteiger partial charge on any atom is 0.173 e. The van der Waals surface area contributed by atoms with Crippen molar-refractivity contribution in [1.29, 1.82) is 0 Å². The van der Waals surface area contributed by atoms with E-state index >= 15 is 0 Å². The van der Waals surface area contributed by atoms with Crippen LogP contribution in [0.15, 0.2) is 22.7 Å². The number of nitrogens with zero attached hydrogens (tertiary/aromatic N) is 1. The minimum absolute atomic E-state index is 0.263. The maximum atomic E-state index is 13.1. The first kappa shape index (κ1) is 13.3. The summed E-state index contributed by atoms with van der Waals surface area (Å²) in [5.41, 5.74) is 7.55. The third-order valence-corrected chi connectivity index (χ3v) is 3.50. The van der Waals surface area contributed by atoms with E-state index in [2.05, 4.69) is 41.6 Å². The van der Waals surface area contributed by atoms with Gasteiger partial charge in [0.15, 0.2) is 11.6 Å². The Morgan fingerprint density at radius 1 is 1.44 bits per heavy atom. The topological polar surface area (TPSA) is 52.0 Å². The Morgan fingerprint density at radius 2 is 2.17 bits per heavy atom. The van der Waals surface area contributed by atoms with Crippen LogP contribution in [0.3, 0.4) is 0 Å². The molecule has 0 saturated heterocycles. The van der Waals surface area contributed by atoms with Crippen LogP contribution in [0.2, 0.25) is 0 Å². The summed E-state index contributed by atoms with van der Waals surface area (Å²) in [6.07, 6.45) is 0.790. The van der Waals surface area contributed by atoms with Gasteiger partial charge < -0.3 is 10.3 Å². The van der Waals surface area contributed by atoms with Gasteiger partial charge in [-0.25, -0.2) is 4.39 Å². The molecule has 0 unspecified atom stereocenters. The number of nitrogen functional groups attached to an aromatic ring is 1. The van der Waals surface area contributed by atoms with Crippen molar-refractivity contribution in [2.45, 2.75) is 20.3 Å². The summed E-state index contributed by atoms with van der Waals surface area (Å²) in [7, 11) is 0. The molecule has 2 aromatic rings. The summed E-state index contributed by atoms with van der Waals surface area (Å²) in [6.45, 7) is 4.21. The number of benzene rings is 1. The fourth-order valence-electron chi connectivity index (χ4n) is 1.81. The third-order valence-electron chi connectivity index (χ3n) is 2.61. The lowest BCUT2D eigenvalue weighted by Crippen LogP contribution is -1.99. The normalized spacial score (nSPS) is 11.2. The van der Waals surface area contributed by atoms with E-state index in [9.17, 15) is 4.39 Å². The smallest absolute Gasteiger partial charge is 0.173 e. The molecule has 0 aliphatic heterocycles. The summed E-state index contributed by atoms with van der Waals surface area (Å²) < 4.78 is 19.2. The van der Waals surface area contributed by atoms with Crippen LogP contribution < -0.4 is 5.73 Å². The highest BCUT2D eigenvalue weighted by atomic mass is 127. The molecule has 0 spiro atoms. The number of hydrogen-bond donors (Lipinski definition) is 1. The van der Waals surface area contributed by atoms with Crippen molar-refractivity contribution >= 4 is 28.4 Å². The molecule has 18 heavy (non-hydrogen) atoms. The van der Waals surface area contributed by atoms with Gasteiger partial charge in [0.1, 0.15) is 5.82 Å². The molecule has 1 heterocycles. The summed E-state index contributed by atoms with van der Waals surface area (Å²) in [5.74, 6) is 1.24. The molecule has 0 aliphatic rings. The maximum absolute atomic E-state index is 13.1. The van der Waals surface area contributed by atoms with Crippen LogP contribution >= 0.6 is 22.6 Å². The Morgan fingerprint density at radius 3 is 2.78 bits per heavy atom. The van der Waals surface area contributed by atoms with Crippen molar-refractivity contribution in [2.75, 3.05) is 5.73 Å². The van der Waals surface area contributed by atoms with Crippen molar-refractivity contribution in [3.05, 3.63) is 33.1 Å². The largest absolute Gasteiger partial charge is 0.381 e. The van der Waals surface area contributed by atoms with E-state index in [1.807, 2.05) is 0 Å². The summed E-state index contributed by atoms with van der Waals surface area (Å²) in [5, 5.41) is 3.82. The van der Waals surface area contributed by atoms with Gasteiger partial charge in [0.25, 0.3) is 0 Å². The highest BCUT2D eigenvalue weighted by Crippen LogP contribution is 2.33. The van der Waals surface area contributed by atoms with Crippen LogP contribution in [0, 0.1) is 15.3 Å². The third kappa shape index (κ3) is 2.66. The molecule has 1 aromatic heterocycles. The van der Waals surface area contributed by atoms with Crippen LogP contribution in [-0.4, -0.2) is 5.16 Å². The average Bonchev–Trinajstić information content (AvgIpc) is 2.60. The van der Waals surface area contributed by atoms with E-state index in [1.165, 1.54) is 12.1 Å². The Bertz CT molecular complexity index is 566. The van der Waals surface area contributed by atoms with Crippen LogP contribution in [-0.2, 0) is 6.42 Å². The van der Waals surface area contributed by atoms with E-state index in [0.717, 1.165) is 21.1 Å². The molecule has 96 valence electrons. The zero-order valence-electron chi connectivity index (χ0n) is 10.2. The van der Waals surface area contributed by atoms with Crippen LogP contribution in [0.5, 0.6) is 0 Å². The Labute approximate surface area is 119 Å². The molecule has 0 bridgehead atoms. The fourth-order valence-corrected chi connectivity index (χ4v) is 2.53. The van der Waals surface area contributed by atoms with E-state index in [0.29, 0.717) is 17.5 Å². The van der Waals surface area contributed by atoms with E-state index in [-0.39, 0.29) is 5.82 Å². The quantitative estimate of drug-likeness (QED) is 0.846. The number of nitrogens with two attached hydrogens (primary N) is 1. The average molecular weight is 360 g/mol. The second kappa shape index (κ2) is 5.26. The molecule has 0 atom stereocenters. The Hall–Kier alpha value is -1.11. The molecule has 2 rings (SSSR count). The second-order valence-corrected chi connectivity index (χ2v) is 5.76. The summed E-state index contributed by atoms with van der Waals surface area (Å²) in [6, 6.07) is 4.57. The van der Waals surface area contributed by atoms with Gasteiger partial charge in [-0.2, -0.15) is 0 Å². The number of halogens is 2. The van der Waals surface area contributed by atoms with E-state index in [1.54, 1.807) is 6.07 Å². The molecular formula is C13H14FIN2O. The van der Waals surface area contributed by atoms with Crippen molar-refractivity contribution in [1.82, 2.24) is 5.16 Å². The first-order valence-electron chi connectivity index (χ1n) is 5.68. The zero-order chi connectivity index (χ0) is 13.3. The lowest BCUT2D eigenvalue weighted by molar-refractivity contribution is 0.434. The lowest BCUT2D eigenvalue weighted by Gasteiger charge is -2.06. The molecule has 2 N–H and O–H groups in total. The molecule has 0 amide bonds. The van der Waals surface area contributed by atoms with Gasteiger partial charge in [-0.3, -0.25) is 0 Å². The zero-order valence-corrected chi connectivity index (χ0v) is 12.4. The first-order valence-corrected chi connectivity index (χ1v) is 6.76. The molecule has 0 aliphatic carbocycles. The minimum atomic E-state index is -0.263. The van der Waals surface area contributed by atoms with Gasteiger partial charge in [0.05, 0.1) is 0 Å². The first-order chi connectivity index (χ1) is 8.49. The molecule has 3 nitrogen and oxygen atoms in total. The second-order valence-electron chi connectivity index (χ2n) is 4.60. The van der Waals surface area contributed by atoms with Gasteiger partial charge in [0.2, 0.25) is 0 Å².